The quantitative estimate of drug-likeness (QED) is 0.761. The predicted octanol–water partition coefficient (Wildman–Crippen LogP) is 3.50. The number of benzene rings is 1. The summed E-state index contributed by atoms with van der Waals surface area (Å²) in [5, 5.41) is 4.34. The lowest BCUT2D eigenvalue weighted by molar-refractivity contribution is 0.226. The van der Waals surface area contributed by atoms with Crippen molar-refractivity contribution < 1.29 is 9.26 Å². The highest BCUT2D eigenvalue weighted by Crippen LogP contribution is 2.32. The van der Waals surface area contributed by atoms with E-state index in [9.17, 15) is 0 Å². The Bertz CT molecular complexity index is 912. The maximum absolute atomic E-state index is 5.62. The van der Waals surface area contributed by atoms with Crippen LogP contribution in [0.3, 0.4) is 0 Å². The Balaban J connectivity index is 1.58. The van der Waals surface area contributed by atoms with Crippen molar-refractivity contribution in [1.82, 2.24) is 20.0 Å². The lowest BCUT2D eigenvalue weighted by Crippen LogP contribution is -2.30. The summed E-state index contributed by atoms with van der Waals surface area (Å²) in [6.07, 6.45) is 1.80. The summed E-state index contributed by atoms with van der Waals surface area (Å²) in [7, 11) is 1.68. The Morgan fingerprint density at radius 2 is 2.23 bits per heavy atom. The molecular formula is C20H24N4O2. The van der Waals surface area contributed by atoms with Gasteiger partial charge in [-0.2, -0.15) is 0 Å². The normalized spacial score (nSPS) is 14.4. The number of fused-ring (bicyclic) bond motifs is 1. The molecule has 1 aliphatic heterocycles. The minimum absolute atomic E-state index is 0.819. The number of imidazole rings is 1. The van der Waals surface area contributed by atoms with Crippen molar-refractivity contribution in [2.24, 2.45) is 0 Å². The molecular weight excluding hydrogens is 328 g/mol. The molecule has 3 aromatic rings. The Morgan fingerprint density at radius 1 is 1.35 bits per heavy atom. The molecule has 0 aliphatic carbocycles. The van der Waals surface area contributed by atoms with E-state index in [4.69, 9.17) is 14.2 Å². The molecule has 2 aromatic heterocycles. The monoisotopic (exact) mass is 352 g/mol. The Labute approximate surface area is 153 Å². The third kappa shape index (κ3) is 3.12. The Morgan fingerprint density at radius 3 is 3.00 bits per heavy atom. The van der Waals surface area contributed by atoms with Crippen LogP contribution in [0.5, 0.6) is 5.75 Å². The number of hydrogen-bond donors (Lipinski definition) is 1. The minimum atomic E-state index is 0.819. The molecule has 0 saturated carbocycles. The number of hydrogen-bond acceptors (Lipinski definition) is 5. The average molecular weight is 352 g/mol. The van der Waals surface area contributed by atoms with E-state index in [2.05, 4.69) is 28.9 Å². The van der Waals surface area contributed by atoms with E-state index >= 15 is 0 Å². The van der Waals surface area contributed by atoms with Crippen molar-refractivity contribution in [2.75, 3.05) is 13.7 Å². The van der Waals surface area contributed by atoms with Gasteiger partial charge in [0.15, 0.2) is 0 Å². The van der Waals surface area contributed by atoms with Crippen LogP contribution in [-0.2, 0) is 25.9 Å². The Hall–Kier alpha value is -2.60. The summed E-state index contributed by atoms with van der Waals surface area (Å²) < 4.78 is 11.0. The zero-order chi connectivity index (χ0) is 18.1. The van der Waals surface area contributed by atoms with Crippen molar-refractivity contribution in [1.29, 1.82) is 0 Å². The highest BCUT2D eigenvalue weighted by atomic mass is 16.5. The third-order valence-electron chi connectivity index (χ3n) is 4.99. The minimum Gasteiger partial charge on any atom is -0.497 e. The summed E-state index contributed by atoms with van der Waals surface area (Å²) in [6.45, 7) is 6.82. The predicted molar refractivity (Wildman–Crippen MR) is 99.0 cm³/mol. The SMILES string of the molecule is CCc1nc(CN2CCc3onc(-c4cccc(OC)c4)c3C2)c(C)[nH]1. The van der Waals surface area contributed by atoms with Gasteiger partial charge in [0.25, 0.3) is 0 Å². The second-order valence-electron chi connectivity index (χ2n) is 6.73. The molecule has 3 heterocycles. The summed E-state index contributed by atoms with van der Waals surface area (Å²) in [6, 6.07) is 7.97. The van der Waals surface area contributed by atoms with Gasteiger partial charge in [-0.3, -0.25) is 4.90 Å². The van der Waals surface area contributed by atoms with Crippen LogP contribution >= 0.6 is 0 Å². The topological polar surface area (TPSA) is 67.2 Å². The second-order valence-corrected chi connectivity index (χ2v) is 6.73. The smallest absolute Gasteiger partial charge is 0.143 e. The van der Waals surface area contributed by atoms with Gasteiger partial charge < -0.3 is 14.2 Å². The zero-order valence-electron chi connectivity index (χ0n) is 15.5. The van der Waals surface area contributed by atoms with E-state index in [1.807, 2.05) is 24.3 Å². The zero-order valence-corrected chi connectivity index (χ0v) is 15.5. The third-order valence-corrected chi connectivity index (χ3v) is 4.99. The van der Waals surface area contributed by atoms with Gasteiger partial charge >= 0.3 is 0 Å². The van der Waals surface area contributed by atoms with Crippen molar-refractivity contribution in [2.45, 2.75) is 39.8 Å². The number of aryl methyl sites for hydroxylation is 2. The van der Waals surface area contributed by atoms with E-state index in [1.165, 1.54) is 5.56 Å². The van der Waals surface area contributed by atoms with Crippen molar-refractivity contribution >= 4 is 0 Å². The molecule has 0 spiro atoms. The molecule has 1 aliphatic rings. The van der Waals surface area contributed by atoms with Crippen LogP contribution in [0.25, 0.3) is 11.3 Å². The van der Waals surface area contributed by atoms with Crippen molar-refractivity contribution in [3.05, 3.63) is 52.8 Å². The largest absolute Gasteiger partial charge is 0.497 e. The number of aromatic nitrogens is 3. The first kappa shape index (κ1) is 16.8. The lowest BCUT2D eigenvalue weighted by atomic mass is 10.0. The van der Waals surface area contributed by atoms with Crippen LogP contribution in [0.15, 0.2) is 28.8 Å². The molecule has 136 valence electrons. The number of ether oxygens (including phenoxy) is 1. The van der Waals surface area contributed by atoms with Gasteiger partial charge in [0.1, 0.15) is 23.0 Å². The second kappa shape index (κ2) is 6.96. The van der Waals surface area contributed by atoms with Crippen LogP contribution in [-0.4, -0.2) is 33.7 Å². The van der Waals surface area contributed by atoms with Crippen LogP contribution < -0.4 is 4.74 Å². The van der Waals surface area contributed by atoms with Gasteiger partial charge in [-0.05, 0) is 19.1 Å². The number of H-pyrrole nitrogens is 1. The molecule has 0 bridgehead atoms. The number of rotatable bonds is 5. The molecule has 0 radical (unpaired) electrons. The molecule has 26 heavy (non-hydrogen) atoms. The average Bonchev–Trinajstić information content (AvgIpc) is 3.25. The summed E-state index contributed by atoms with van der Waals surface area (Å²) >= 11 is 0. The molecule has 1 N–H and O–H groups in total. The molecule has 0 saturated heterocycles. The molecule has 0 amide bonds. The Kier molecular flexibility index (Phi) is 4.51. The fourth-order valence-electron chi connectivity index (χ4n) is 3.49. The first-order chi connectivity index (χ1) is 12.7. The first-order valence-corrected chi connectivity index (χ1v) is 9.06. The van der Waals surface area contributed by atoms with Crippen LogP contribution in [0.4, 0.5) is 0 Å². The summed E-state index contributed by atoms with van der Waals surface area (Å²) in [5.41, 5.74) is 5.40. The summed E-state index contributed by atoms with van der Waals surface area (Å²) in [5.74, 6) is 2.87. The molecule has 0 atom stereocenters. The van der Waals surface area contributed by atoms with Crippen LogP contribution in [0.1, 0.15) is 35.5 Å². The van der Waals surface area contributed by atoms with Gasteiger partial charge in [0.2, 0.25) is 0 Å². The molecule has 4 rings (SSSR count). The van der Waals surface area contributed by atoms with E-state index in [-0.39, 0.29) is 0 Å². The van der Waals surface area contributed by atoms with Crippen LogP contribution in [0, 0.1) is 6.92 Å². The molecule has 0 fully saturated rings. The number of nitrogens with one attached hydrogen (secondary N) is 1. The van der Waals surface area contributed by atoms with Gasteiger partial charge in [0, 0.05) is 49.3 Å². The van der Waals surface area contributed by atoms with E-state index in [1.54, 1.807) is 7.11 Å². The molecule has 6 heteroatoms. The first-order valence-electron chi connectivity index (χ1n) is 9.06. The van der Waals surface area contributed by atoms with Crippen molar-refractivity contribution in [3.63, 3.8) is 0 Å². The molecule has 1 aromatic carbocycles. The van der Waals surface area contributed by atoms with Gasteiger partial charge in [-0.1, -0.05) is 24.2 Å². The highest BCUT2D eigenvalue weighted by molar-refractivity contribution is 5.65. The summed E-state index contributed by atoms with van der Waals surface area (Å²) in [4.78, 5) is 10.5. The number of aromatic amines is 1. The lowest BCUT2D eigenvalue weighted by Gasteiger charge is -2.25. The highest BCUT2D eigenvalue weighted by Gasteiger charge is 2.26. The van der Waals surface area contributed by atoms with E-state index in [0.29, 0.717) is 0 Å². The maximum atomic E-state index is 5.62. The fourth-order valence-corrected chi connectivity index (χ4v) is 3.49. The number of nitrogens with zero attached hydrogens (tertiary/aromatic N) is 3. The number of methoxy groups -OCH3 is 1. The molecule has 0 unspecified atom stereocenters. The van der Waals surface area contributed by atoms with Gasteiger partial charge in [0.05, 0.1) is 12.8 Å². The fraction of sp³-hybridized carbons (Fsp3) is 0.400. The van der Waals surface area contributed by atoms with Gasteiger partial charge in [-0.25, -0.2) is 4.98 Å². The van der Waals surface area contributed by atoms with E-state index < -0.39 is 0 Å². The van der Waals surface area contributed by atoms with Crippen molar-refractivity contribution in [3.8, 4) is 17.0 Å². The van der Waals surface area contributed by atoms with Crippen LogP contribution in [0.2, 0.25) is 0 Å². The standard InChI is InChI=1S/C20H24N4O2/c1-4-19-21-13(2)17(22-19)12-24-9-8-18-16(11-24)20(23-26-18)14-6-5-7-15(10-14)25-3/h5-7,10H,4,8-9,11-12H2,1-3H3,(H,21,22). The molecule has 6 nitrogen and oxygen atoms in total. The van der Waals surface area contributed by atoms with E-state index in [0.717, 1.165) is 72.5 Å². The van der Waals surface area contributed by atoms with Gasteiger partial charge in [-0.15, -0.1) is 0 Å². The maximum Gasteiger partial charge on any atom is 0.143 e.